The summed E-state index contributed by atoms with van der Waals surface area (Å²) in [6.07, 6.45) is 0. The molecule has 2 aromatic carbocycles. The number of hydrogen-bond donors (Lipinski definition) is 1. The summed E-state index contributed by atoms with van der Waals surface area (Å²) in [4.78, 5) is 0. The highest BCUT2D eigenvalue weighted by molar-refractivity contribution is 6.30. The van der Waals surface area contributed by atoms with Crippen LogP contribution < -0.4 is 5.32 Å². The zero-order chi connectivity index (χ0) is 13.1. The summed E-state index contributed by atoms with van der Waals surface area (Å²) >= 11 is 11.6. The van der Waals surface area contributed by atoms with Crippen molar-refractivity contribution in [3.05, 3.63) is 63.9 Å². The van der Waals surface area contributed by atoms with Gasteiger partial charge in [0.1, 0.15) is 5.82 Å². The molecule has 0 heterocycles. The van der Waals surface area contributed by atoms with Crippen LogP contribution >= 0.6 is 23.2 Å². The van der Waals surface area contributed by atoms with Gasteiger partial charge in [0.2, 0.25) is 0 Å². The van der Waals surface area contributed by atoms with Crippen LogP contribution in [-0.2, 0) is 0 Å². The minimum Gasteiger partial charge on any atom is -0.376 e. The normalized spacial score (nSPS) is 12.2. The first kappa shape index (κ1) is 13.2. The molecule has 0 aliphatic rings. The average molecular weight is 284 g/mol. The van der Waals surface area contributed by atoms with Crippen LogP contribution in [0.2, 0.25) is 10.0 Å². The van der Waals surface area contributed by atoms with E-state index in [-0.39, 0.29) is 11.9 Å². The van der Waals surface area contributed by atoms with Crippen LogP contribution in [0.15, 0.2) is 42.5 Å². The smallest absolute Gasteiger partial charge is 0.147 e. The minimum absolute atomic E-state index is 0.0422. The van der Waals surface area contributed by atoms with E-state index in [0.29, 0.717) is 15.7 Å². The van der Waals surface area contributed by atoms with Crippen molar-refractivity contribution in [2.75, 3.05) is 5.32 Å². The van der Waals surface area contributed by atoms with Crippen LogP contribution in [0, 0.1) is 5.82 Å². The summed E-state index contributed by atoms with van der Waals surface area (Å²) in [6.45, 7) is 1.94. The van der Waals surface area contributed by atoms with Crippen LogP contribution in [0.4, 0.5) is 10.1 Å². The molecule has 1 unspecified atom stereocenters. The van der Waals surface area contributed by atoms with Crippen molar-refractivity contribution in [1.82, 2.24) is 0 Å². The highest BCUT2D eigenvalue weighted by atomic mass is 35.5. The van der Waals surface area contributed by atoms with Crippen molar-refractivity contribution < 1.29 is 4.39 Å². The molecule has 1 N–H and O–H groups in total. The van der Waals surface area contributed by atoms with Gasteiger partial charge in [0.15, 0.2) is 0 Å². The van der Waals surface area contributed by atoms with Crippen LogP contribution in [0.3, 0.4) is 0 Å². The standard InChI is InChI=1S/C14H12Cl2FN/c1-9(10-3-2-4-11(15)7-10)18-14-6-5-12(16)8-13(14)17/h2-9,18H,1H3. The van der Waals surface area contributed by atoms with Gasteiger partial charge in [-0.25, -0.2) is 4.39 Å². The van der Waals surface area contributed by atoms with Crippen molar-refractivity contribution in [2.45, 2.75) is 13.0 Å². The molecule has 0 bridgehead atoms. The van der Waals surface area contributed by atoms with E-state index < -0.39 is 0 Å². The first-order valence-corrected chi connectivity index (χ1v) is 6.29. The molecule has 0 aliphatic carbocycles. The third kappa shape index (κ3) is 3.15. The Kier molecular flexibility index (Phi) is 4.10. The Hall–Kier alpha value is -1.25. The second-order valence-corrected chi connectivity index (χ2v) is 4.92. The molecule has 0 aromatic heterocycles. The third-order valence-electron chi connectivity index (χ3n) is 2.65. The molecule has 94 valence electrons. The molecule has 0 radical (unpaired) electrons. The number of nitrogens with one attached hydrogen (secondary N) is 1. The zero-order valence-corrected chi connectivity index (χ0v) is 11.3. The van der Waals surface area contributed by atoms with Gasteiger partial charge in [-0.3, -0.25) is 0 Å². The molecular formula is C14H12Cl2FN. The van der Waals surface area contributed by atoms with Gasteiger partial charge in [0, 0.05) is 16.1 Å². The lowest BCUT2D eigenvalue weighted by Crippen LogP contribution is -2.07. The maximum absolute atomic E-state index is 13.6. The van der Waals surface area contributed by atoms with E-state index in [2.05, 4.69) is 5.32 Å². The maximum atomic E-state index is 13.6. The van der Waals surface area contributed by atoms with Gasteiger partial charge in [-0.2, -0.15) is 0 Å². The van der Waals surface area contributed by atoms with Gasteiger partial charge in [-0.05, 0) is 42.8 Å². The summed E-state index contributed by atoms with van der Waals surface area (Å²) in [5, 5.41) is 4.14. The molecule has 2 aromatic rings. The lowest BCUT2D eigenvalue weighted by atomic mass is 10.1. The quantitative estimate of drug-likeness (QED) is 0.805. The number of anilines is 1. The van der Waals surface area contributed by atoms with E-state index >= 15 is 0 Å². The number of halogens is 3. The van der Waals surface area contributed by atoms with Crippen LogP contribution in [0.25, 0.3) is 0 Å². The van der Waals surface area contributed by atoms with Crippen molar-refractivity contribution in [2.24, 2.45) is 0 Å². The van der Waals surface area contributed by atoms with Gasteiger partial charge < -0.3 is 5.32 Å². The number of benzene rings is 2. The van der Waals surface area contributed by atoms with Gasteiger partial charge >= 0.3 is 0 Å². The van der Waals surface area contributed by atoms with Gasteiger partial charge in [0.05, 0.1) is 5.69 Å². The van der Waals surface area contributed by atoms with E-state index in [1.807, 2.05) is 25.1 Å². The molecule has 2 rings (SSSR count). The Morgan fingerprint density at radius 1 is 1.06 bits per heavy atom. The molecule has 0 fully saturated rings. The molecule has 1 nitrogen and oxygen atoms in total. The Morgan fingerprint density at radius 2 is 1.78 bits per heavy atom. The Balaban J connectivity index is 2.18. The predicted octanol–water partition coefficient (Wildman–Crippen LogP) is 5.31. The van der Waals surface area contributed by atoms with Gasteiger partial charge in [-0.15, -0.1) is 0 Å². The molecule has 0 saturated carbocycles. The Bertz CT molecular complexity index is 557. The highest BCUT2D eigenvalue weighted by Crippen LogP contribution is 2.25. The van der Waals surface area contributed by atoms with E-state index in [9.17, 15) is 4.39 Å². The summed E-state index contributed by atoms with van der Waals surface area (Å²) in [7, 11) is 0. The zero-order valence-electron chi connectivity index (χ0n) is 9.75. The highest BCUT2D eigenvalue weighted by Gasteiger charge is 2.09. The van der Waals surface area contributed by atoms with Gasteiger partial charge in [0.25, 0.3) is 0 Å². The van der Waals surface area contributed by atoms with Crippen molar-refractivity contribution >= 4 is 28.9 Å². The maximum Gasteiger partial charge on any atom is 0.147 e. The Labute approximate surface area is 116 Å². The van der Waals surface area contributed by atoms with E-state index in [4.69, 9.17) is 23.2 Å². The van der Waals surface area contributed by atoms with E-state index in [1.165, 1.54) is 6.07 Å². The fourth-order valence-corrected chi connectivity index (χ4v) is 2.06. The molecule has 0 amide bonds. The fourth-order valence-electron chi connectivity index (χ4n) is 1.70. The lowest BCUT2D eigenvalue weighted by molar-refractivity contribution is 0.627. The van der Waals surface area contributed by atoms with E-state index in [1.54, 1.807) is 18.2 Å². The molecule has 0 saturated heterocycles. The fraction of sp³-hybridized carbons (Fsp3) is 0.143. The van der Waals surface area contributed by atoms with E-state index in [0.717, 1.165) is 5.56 Å². The van der Waals surface area contributed by atoms with Gasteiger partial charge in [-0.1, -0.05) is 35.3 Å². The monoisotopic (exact) mass is 283 g/mol. The van der Waals surface area contributed by atoms with Crippen molar-refractivity contribution in [1.29, 1.82) is 0 Å². The first-order valence-electron chi connectivity index (χ1n) is 5.53. The van der Waals surface area contributed by atoms with Crippen molar-refractivity contribution in [3.63, 3.8) is 0 Å². The SMILES string of the molecule is CC(Nc1ccc(Cl)cc1F)c1cccc(Cl)c1. The summed E-state index contributed by atoms with van der Waals surface area (Å²) in [5.41, 5.74) is 1.42. The second-order valence-electron chi connectivity index (χ2n) is 4.05. The molecule has 4 heteroatoms. The van der Waals surface area contributed by atoms with Crippen LogP contribution in [0.5, 0.6) is 0 Å². The molecular weight excluding hydrogens is 272 g/mol. The molecule has 0 aliphatic heterocycles. The van der Waals surface area contributed by atoms with Crippen LogP contribution in [-0.4, -0.2) is 0 Å². The number of hydrogen-bond acceptors (Lipinski definition) is 1. The predicted molar refractivity (Wildman–Crippen MR) is 74.9 cm³/mol. The largest absolute Gasteiger partial charge is 0.376 e. The summed E-state index contributed by atoms with van der Waals surface area (Å²) in [6, 6.07) is 12.0. The molecule has 18 heavy (non-hydrogen) atoms. The Morgan fingerprint density at radius 3 is 2.44 bits per heavy atom. The molecule has 0 spiro atoms. The average Bonchev–Trinajstić information content (AvgIpc) is 2.32. The minimum atomic E-state index is -0.364. The molecule has 1 atom stereocenters. The third-order valence-corrected chi connectivity index (χ3v) is 3.12. The lowest BCUT2D eigenvalue weighted by Gasteiger charge is -2.16. The summed E-state index contributed by atoms with van der Waals surface area (Å²) in [5.74, 6) is -0.364. The summed E-state index contributed by atoms with van der Waals surface area (Å²) < 4.78 is 13.6. The number of rotatable bonds is 3. The second kappa shape index (κ2) is 5.59. The first-order chi connectivity index (χ1) is 8.56. The van der Waals surface area contributed by atoms with Crippen LogP contribution in [0.1, 0.15) is 18.5 Å². The van der Waals surface area contributed by atoms with Crippen molar-refractivity contribution in [3.8, 4) is 0 Å². The topological polar surface area (TPSA) is 12.0 Å².